The molecule has 1 aromatic heterocycles. The van der Waals surface area contributed by atoms with Gasteiger partial charge in [-0.1, -0.05) is 18.7 Å². The molecule has 2 heterocycles. The predicted molar refractivity (Wildman–Crippen MR) is 129 cm³/mol. The molecule has 2 N–H and O–H groups in total. The first-order valence-corrected chi connectivity index (χ1v) is 13.7. The summed E-state index contributed by atoms with van der Waals surface area (Å²) in [5, 5.41) is 14.8. The molecular weight excluding hydrogens is 462 g/mol. The van der Waals surface area contributed by atoms with Crippen LogP contribution < -0.4 is 15.5 Å². The van der Waals surface area contributed by atoms with Crippen LogP contribution in [-0.4, -0.2) is 62.1 Å². The molecule has 1 aliphatic rings. The van der Waals surface area contributed by atoms with Gasteiger partial charge in [-0.25, -0.2) is 8.42 Å². The lowest BCUT2D eigenvalue weighted by Crippen LogP contribution is -2.43. The number of amides is 2. The Morgan fingerprint density at radius 3 is 2.55 bits per heavy atom. The van der Waals surface area contributed by atoms with Crippen molar-refractivity contribution in [1.82, 2.24) is 15.5 Å². The largest absolute Gasteiger partial charge is 0.356 e. The molecule has 33 heavy (non-hydrogen) atoms. The van der Waals surface area contributed by atoms with Crippen LogP contribution in [0.3, 0.4) is 0 Å². The highest BCUT2D eigenvalue weighted by molar-refractivity contribution is 7.99. The fourth-order valence-corrected chi connectivity index (χ4v) is 4.72. The fraction of sp³-hybridized carbons (Fsp3) is 0.455. The van der Waals surface area contributed by atoms with Crippen LogP contribution in [0.2, 0.25) is 0 Å². The third kappa shape index (κ3) is 7.43. The van der Waals surface area contributed by atoms with Crippen molar-refractivity contribution in [2.75, 3.05) is 41.9 Å². The van der Waals surface area contributed by atoms with Gasteiger partial charge in [-0.3, -0.25) is 9.59 Å². The zero-order chi connectivity index (χ0) is 23.8. The Hall–Kier alpha value is -2.66. The molecule has 1 atom stereocenters. The maximum absolute atomic E-state index is 12.3. The van der Waals surface area contributed by atoms with Gasteiger partial charge in [-0.05, 0) is 55.7 Å². The normalized spacial score (nSPS) is 16.3. The second-order valence-electron chi connectivity index (χ2n) is 7.94. The molecule has 2 aromatic rings. The first kappa shape index (κ1) is 25.0. The Bertz CT molecular complexity index is 1060. The number of nitrogens with one attached hydrogen (secondary N) is 2. The summed E-state index contributed by atoms with van der Waals surface area (Å²) in [6.45, 7) is 4.18. The van der Waals surface area contributed by atoms with Gasteiger partial charge in [0.1, 0.15) is 5.03 Å². The third-order valence-electron chi connectivity index (χ3n) is 5.21. The molecule has 1 saturated heterocycles. The second kappa shape index (κ2) is 11.5. The predicted octanol–water partition coefficient (Wildman–Crippen LogP) is 2.35. The van der Waals surface area contributed by atoms with Crippen LogP contribution in [0.1, 0.15) is 26.2 Å². The van der Waals surface area contributed by atoms with E-state index >= 15 is 0 Å². The van der Waals surface area contributed by atoms with E-state index in [2.05, 4.69) is 25.7 Å². The summed E-state index contributed by atoms with van der Waals surface area (Å²) in [5.74, 6) is 0.693. The maximum Gasteiger partial charge on any atom is 0.234 e. The lowest BCUT2D eigenvalue weighted by Gasteiger charge is -2.32. The minimum atomic E-state index is -3.27. The molecule has 0 aliphatic carbocycles. The van der Waals surface area contributed by atoms with Crippen LogP contribution in [-0.2, 0) is 19.4 Å². The summed E-state index contributed by atoms with van der Waals surface area (Å²) in [6.07, 6.45) is 3.85. The molecule has 2 amide bonds. The third-order valence-corrected chi connectivity index (χ3v) is 7.26. The average Bonchev–Trinajstić information content (AvgIpc) is 2.81. The molecule has 11 heteroatoms. The van der Waals surface area contributed by atoms with Gasteiger partial charge in [-0.2, -0.15) is 0 Å². The van der Waals surface area contributed by atoms with Crippen LogP contribution in [0.15, 0.2) is 46.3 Å². The number of hydrogen-bond donors (Lipinski definition) is 2. The standard InChI is InChI=1S/C22H29N5O4S2/c1-3-12-23-22(29)16-5-4-13-27(14-16)19-10-11-21(26-25-19)32-15-20(28)24-17-6-8-18(9-7-17)33(2,30)31/h6-11,16H,3-5,12-15H2,1-2H3,(H,23,29)(H,24,28)/t16-/m0/s1. The number of benzene rings is 1. The summed E-state index contributed by atoms with van der Waals surface area (Å²) in [6, 6.07) is 9.72. The second-order valence-corrected chi connectivity index (χ2v) is 11.0. The fourth-order valence-electron chi connectivity index (χ4n) is 3.47. The van der Waals surface area contributed by atoms with E-state index in [0.29, 0.717) is 23.8 Å². The van der Waals surface area contributed by atoms with Gasteiger partial charge in [0.2, 0.25) is 11.8 Å². The number of thioether (sulfide) groups is 1. The highest BCUT2D eigenvalue weighted by Crippen LogP contribution is 2.23. The van der Waals surface area contributed by atoms with E-state index in [9.17, 15) is 18.0 Å². The van der Waals surface area contributed by atoms with Crippen molar-refractivity contribution >= 4 is 44.9 Å². The van der Waals surface area contributed by atoms with Crippen LogP contribution in [0.25, 0.3) is 0 Å². The summed E-state index contributed by atoms with van der Waals surface area (Å²) < 4.78 is 23.0. The quantitative estimate of drug-likeness (QED) is 0.513. The lowest BCUT2D eigenvalue weighted by atomic mass is 9.97. The maximum atomic E-state index is 12.3. The molecule has 0 spiro atoms. The Morgan fingerprint density at radius 1 is 1.15 bits per heavy atom. The number of rotatable bonds is 9. The van der Waals surface area contributed by atoms with E-state index in [0.717, 1.165) is 37.9 Å². The number of nitrogens with zero attached hydrogens (tertiary/aromatic N) is 3. The zero-order valence-electron chi connectivity index (χ0n) is 18.8. The average molecular weight is 492 g/mol. The number of piperidine rings is 1. The van der Waals surface area contributed by atoms with E-state index < -0.39 is 9.84 Å². The number of anilines is 2. The van der Waals surface area contributed by atoms with Crippen molar-refractivity contribution < 1.29 is 18.0 Å². The molecule has 0 radical (unpaired) electrons. The minimum absolute atomic E-state index is 0.0450. The van der Waals surface area contributed by atoms with Crippen LogP contribution in [0.4, 0.5) is 11.5 Å². The Kier molecular flexibility index (Phi) is 8.67. The van der Waals surface area contributed by atoms with Gasteiger partial charge in [-0.15, -0.1) is 10.2 Å². The zero-order valence-corrected chi connectivity index (χ0v) is 20.4. The van der Waals surface area contributed by atoms with Gasteiger partial charge >= 0.3 is 0 Å². The highest BCUT2D eigenvalue weighted by atomic mass is 32.2. The number of hydrogen-bond acceptors (Lipinski definition) is 8. The molecule has 178 valence electrons. The van der Waals surface area contributed by atoms with Crippen molar-refractivity contribution in [2.45, 2.75) is 36.1 Å². The monoisotopic (exact) mass is 491 g/mol. The molecule has 0 saturated carbocycles. The molecule has 1 fully saturated rings. The van der Waals surface area contributed by atoms with E-state index in [1.54, 1.807) is 12.1 Å². The van der Waals surface area contributed by atoms with Gasteiger partial charge in [0.25, 0.3) is 0 Å². The minimum Gasteiger partial charge on any atom is -0.356 e. The Labute approximate surface area is 198 Å². The van der Waals surface area contributed by atoms with Gasteiger partial charge in [0, 0.05) is 31.6 Å². The first-order valence-electron chi connectivity index (χ1n) is 10.9. The summed E-state index contributed by atoms with van der Waals surface area (Å²) in [7, 11) is -3.27. The van der Waals surface area contributed by atoms with Crippen LogP contribution >= 0.6 is 11.8 Å². The van der Waals surface area contributed by atoms with Crippen molar-refractivity contribution in [1.29, 1.82) is 0 Å². The van der Waals surface area contributed by atoms with Crippen molar-refractivity contribution in [3.05, 3.63) is 36.4 Å². The summed E-state index contributed by atoms with van der Waals surface area (Å²) in [4.78, 5) is 26.8. The SMILES string of the molecule is CCCNC(=O)[C@H]1CCCN(c2ccc(SCC(=O)Nc3ccc(S(C)(=O)=O)cc3)nn2)C1. The smallest absolute Gasteiger partial charge is 0.234 e. The number of aromatic nitrogens is 2. The van der Waals surface area contributed by atoms with Crippen molar-refractivity contribution in [2.24, 2.45) is 5.92 Å². The Balaban J connectivity index is 1.49. The van der Waals surface area contributed by atoms with E-state index in [1.807, 2.05) is 19.1 Å². The van der Waals surface area contributed by atoms with Crippen molar-refractivity contribution in [3.63, 3.8) is 0 Å². The lowest BCUT2D eigenvalue weighted by molar-refractivity contribution is -0.125. The molecular formula is C22H29N5O4S2. The van der Waals surface area contributed by atoms with E-state index in [4.69, 9.17) is 0 Å². The van der Waals surface area contributed by atoms with Crippen LogP contribution in [0, 0.1) is 5.92 Å². The topological polar surface area (TPSA) is 121 Å². The molecule has 1 aliphatic heterocycles. The summed E-state index contributed by atoms with van der Waals surface area (Å²) in [5.41, 5.74) is 0.525. The van der Waals surface area contributed by atoms with Gasteiger partial charge in [0.15, 0.2) is 15.7 Å². The Morgan fingerprint density at radius 2 is 1.91 bits per heavy atom. The molecule has 1 aromatic carbocycles. The number of carbonyl (C=O) groups excluding carboxylic acids is 2. The van der Waals surface area contributed by atoms with Crippen molar-refractivity contribution in [3.8, 4) is 0 Å². The molecule has 0 bridgehead atoms. The molecule has 9 nitrogen and oxygen atoms in total. The van der Waals surface area contributed by atoms with Gasteiger partial charge < -0.3 is 15.5 Å². The number of carbonyl (C=O) groups is 2. The summed E-state index contributed by atoms with van der Waals surface area (Å²) >= 11 is 1.26. The van der Waals surface area contributed by atoms with Gasteiger partial charge in [0.05, 0.1) is 16.6 Å². The first-order chi connectivity index (χ1) is 15.8. The molecule has 0 unspecified atom stereocenters. The van der Waals surface area contributed by atoms with E-state index in [-0.39, 0.29) is 28.4 Å². The number of sulfone groups is 1. The van der Waals surface area contributed by atoms with E-state index in [1.165, 1.54) is 23.9 Å². The van der Waals surface area contributed by atoms with Crippen LogP contribution in [0.5, 0.6) is 0 Å². The molecule has 3 rings (SSSR count). The highest BCUT2D eigenvalue weighted by Gasteiger charge is 2.26.